The Morgan fingerprint density at radius 3 is 2.54 bits per heavy atom. The van der Waals surface area contributed by atoms with Crippen molar-refractivity contribution >= 4 is 21.2 Å². The summed E-state index contributed by atoms with van der Waals surface area (Å²) in [5, 5.41) is 1.99. The van der Waals surface area contributed by atoms with Crippen molar-refractivity contribution in [1.82, 2.24) is 9.97 Å². The molecule has 0 saturated carbocycles. The van der Waals surface area contributed by atoms with Gasteiger partial charge in [-0.25, -0.2) is 13.4 Å². The number of ether oxygens (including phenoxy) is 1. The molecular weight excluding hydrogens is 344 g/mol. The Balaban J connectivity index is 1.86. The first kappa shape index (κ1) is 16.6. The molecule has 2 heterocycles. The monoisotopic (exact) mass is 360 g/mol. The molecule has 0 spiro atoms. The van der Waals surface area contributed by atoms with Crippen LogP contribution in [0, 0.1) is 6.92 Å². The van der Waals surface area contributed by atoms with Gasteiger partial charge in [-0.1, -0.05) is 18.2 Å². The van der Waals surface area contributed by atoms with E-state index in [-0.39, 0.29) is 4.90 Å². The Morgan fingerprint density at radius 2 is 1.92 bits per heavy atom. The zero-order valence-corrected chi connectivity index (χ0v) is 14.9. The van der Waals surface area contributed by atoms with E-state index >= 15 is 0 Å². The maximum atomic E-state index is 11.6. The smallest absolute Gasteiger partial charge is 0.233 e. The number of aromatic nitrogens is 2. The summed E-state index contributed by atoms with van der Waals surface area (Å²) in [7, 11) is -3.21. The Bertz CT molecular complexity index is 934. The second-order valence-electron chi connectivity index (χ2n) is 5.31. The highest BCUT2D eigenvalue weighted by atomic mass is 32.2. The molecule has 0 amide bonds. The lowest BCUT2D eigenvalue weighted by atomic mass is 10.1. The van der Waals surface area contributed by atoms with Gasteiger partial charge in [0.05, 0.1) is 22.5 Å². The SMILES string of the molecule is Cc1ncc(OCc2cccs2)nc1-c1ccc(S(C)(=O)=O)cc1. The molecule has 0 radical (unpaired) electrons. The van der Waals surface area contributed by atoms with Gasteiger partial charge in [0.2, 0.25) is 5.88 Å². The van der Waals surface area contributed by atoms with Crippen molar-refractivity contribution in [3.63, 3.8) is 0 Å². The number of hydrogen-bond donors (Lipinski definition) is 0. The zero-order valence-electron chi connectivity index (χ0n) is 13.3. The molecule has 24 heavy (non-hydrogen) atoms. The van der Waals surface area contributed by atoms with Crippen molar-refractivity contribution < 1.29 is 13.2 Å². The summed E-state index contributed by atoms with van der Waals surface area (Å²) in [4.78, 5) is 10.2. The molecule has 3 rings (SSSR count). The highest BCUT2D eigenvalue weighted by Gasteiger charge is 2.11. The minimum atomic E-state index is -3.21. The molecule has 124 valence electrons. The number of sulfone groups is 1. The molecule has 0 saturated heterocycles. The van der Waals surface area contributed by atoms with E-state index in [1.165, 1.54) is 6.26 Å². The van der Waals surface area contributed by atoms with Gasteiger partial charge in [0, 0.05) is 16.7 Å². The normalized spacial score (nSPS) is 11.4. The number of nitrogens with zero attached hydrogens (tertiary/aromatic N) is 2. The molecule has 5 nitrogen and oxygen atoms in total. The van der Waals surface area contributed by atoms with Gasteiger partial charge in [-0.05, 0) is 30.5 Å². The molecule has 7 heteroatoms. The van der Waals surface area contributed by atoms with Crippen LogP contribution in [0.1, 0.15) is 10.6 Å². The molecule has 0 aliphatic carbocycles. The zero-order chi connectivity index (χ0) is 17.2. The Morgan fingerprint density at radius 1 is 1.17 bits per heavy atom. The summed E-state index contributed by atoms with van der Waals surface area (Å²) in [6, 6.07) is 10.6. The summed E-state index contributed by atoms with van der Waals surface area (Å²) in [6.07, 6.45) is 2.78. The van der Waals surface area contributed by atoms with E-state index in [4.69, 9.17) is 4.74 Å². The molecule has 0 aliphatic rings. The standard InChI is InChI=1S/C17H16N2O3S2/c1-12-17(13-5-7-15(8-6-13)24(2,20)21)19-16(10-18-12)22-11-14-4-3-9-23-14/h3-10H,11H2,1-2H3. The maximum absolute atomic E-state index is 11.6. The van der Waals surface area contributed by atoms with E-state index in [0.29, 0.717) is 18.2 Å². The van der Waals surface area contributed by atoms with Crippen LogP contribution in [0.3, 0.4) is 0 Å². The number of rotatable bonds is 5. The van der Waals surface area contributed by atoms with Crippen LogP contribution < -0.4 is 4.74 Å². The van der Waals surface area contributed by atoms with Crippen LogP contribution in [0.5, 0.6) is 5.88 Å². The fourth-order valence-corrected chi connectivity index (χ4v) is 3.42. The van der Waals surface area contributed by atoms with E-state index in [1.54, 1.807) is 41.8 Å². The van der Waals surface area contributed by atoms with E-state index in [1.807, 2.05) is 24.4 Å². The van der Waals surface area contributed by atoms with Gasteiger partial charge >= 0.3 is 0 Å². The minimum Gasteiger partial charge on any atom is -0.471 e. The molecule has 1 aromatic carbocycles. The number of hydrogen-bond acceptors (Lipinski definition) is 6. The van der Waals surface area contributed by atoms with Gasteiger partial charge in [-0.15, -0.1) is 11.3 Å². The maximum Gasteiger partial charge on any atom is 0.233 e. The second kappa shape index (κ2) is 6.70. The lowest BCUT2D eigenvalue weighted by Gasteiger charge is -2.09. The topological polar surface area (TPSA) is 69.2 Å². The van der Waals surface area contributed by atoms with Crippen LogP contribution in [0.2, 0.25) is 0 Å². The molecule has 2 aromatic heterocycles. The van der Waals surface area contributed by atoms with Crippen molar-refractivity contribution in [1.29, 1.82) is 0 Å². The Hall–Kier alpha value is -2.25. The van der Waals surface area contributed by atoms with Crippen molar-refractivity contribution in [2.75, 3.05) is 6.26 Å². The van der Waals surface area contributed by atoms with E-state index in [2.05, 4.69) is 9.97 Å². The van der Waals surface area contributed by atoms with Crippen molar-refractivity contribution in [3.8, 4) is 17.1 Å². The average Bonchev–Trinajstić information content (AvgIpc) is 3.07. The minimum absolute atomic E-state index is 0.280. The van der Waals surface area contributed by atoms with E-state index < -0.39 is 9.84 Å². The highest BCUT2D eigenvalue weighted by Crippen LogP contribution is 2.24. The molecule has 0 atom stereocenters. The van der Waals surface area contributed by atoms with Gasteiger partial charge < -0.3 is 4.74 Å². The summed E-state index contributed by atoms with van der Waals surface area (Å²) in [5.41, 5.74) is 2.23. The van der Waals surface area contributed by atoms with Crippen LogP contribution in [0.15, 0.2) is 52.9 Å². The van der Waals surface area contributed by atoms with Crippen LogP contribution >= 0.6 is 11.3 Å². The molecule has 0 bridgehead atoms. The summed E-state index contributed by atoms with van der Waals surface area (Å²) >= 11 is 1.62. The van der Waals surface area contributed by atoms with Gasteiger partial charge in [0.25, 0.3) is 0 Å². The third-order valence-corrected chi connectivity index (χ3v) is 5.41. The number of benzene rings is 1. The molecule has 0 fully saturated rings. The van der Waals surface area contributed by atoms with Gasteiger partial charge in [-0.2, -0.15) is 0 Å². The first-order chi connectivity index (χ1) is 11.4. The van der Waals surface area contributed by atoms with Crippen LogP contribution in [0.4, 0.5) is 0 Å². The Kier molecular flexibility index (Phi) is 4.64. The first-order valence-corrected chi connectivity index (χ1v) is 10.00. The highest BCUT2D eigenvalue weighted by molar-refractivity contribution is 7.90. The molecule has 3 aromatic rings. The van der Waals surface area contributed by atoms with Crippen molar-refractivity contribution in [2.45, 2.75) is 18.4 Å². The predicted octanol–water partition coefficient (Wildman–Crippen LogP) is 3.50. The van der Waals surface area contributed by atoms with Gasteiger partial charge in [-0.3, -0.25) is 4.98 Å². The third kappa shape index (κ3) is 3.80. The van der Waals surface area contributed by atoms with Crippen molar-refractivity contribution in [3.05, 3.63) is 58.5 Å². The average molecular weight is 360 g/mol. The Labute approximate surface area is 144 Å². The molecular formula is C17H16N2O3S2. The predicted molar refractivity (Wildman–Crippen MR) is 94.0 cm³/mol. The number of thiophene rings is 1. The van der Waals surface area contributed by atoms with Crippen LogP contribution in [0.25, 0.3) is 11.3 Å². The van der Waals surface area contributed by atoms with Crippen LogP contribution in [-0.4, -0.2) is 24.6 Å². The number of aryl methyl sites for hydroxylation is 1. The fraction of sp³-hybridized carbons (Fsp3) is 0.176. The van der Waals surface area contributed by atoms with Crippen molar-refractivity contribution in [2.24, 2.45) is 0 Å². The first-order valence-electron chi connectivity index (χ1n) is 7.23. The largest absolute Gasteiger partial charge is 0.471 e. The summed E-state index contributed by atoms with van der Waals surface area (Å²) < 4.78 is 28.8. The second-order valence-corrected chi connectivity index (χ2v) is 8.35. The molecule has 0 aliphatic heterocycles. The lowest BCUT2D eigenvalue weighted by Crippen LogP contribution is -2.00. The summed E-state index contributed by atoms with van der Waals surface area (Å²) in [5.74, 6) is 0.441. The molecule has 0 N–H and O–H groups in total. The van der Waals surface area contributed by atoms with Crippen LogP contribution in [-0.2, 0) is 16.4 Å². The van der Waals surface area contributed by atoms with Gasteiger partial charge in [0.15, 0.2) is 9.84 Å². The quantitative estimate of drug-likeness (QED) is 0.696. The van der Waals surface area contributed by atoms with Gasteiger partial charge in [0.1, 0.15) is 6.61 Å². The summed E-state index contributed by atoms with van der Waals surface area (Å²) in [6.45, 7) is 2.30. The molecule has 0 unspecified atom stereocenters. The fourth-order valence-electron chi connectivity index (χ4n) is 2.18. The van der Waals surface area contributed by atoms with E-state index in [9.17, 15) is 8.42 Å². The third-order valence-electron chi connectivity index (χ3n) is 3.43. The lowest BCUT2D eigenvalue weighted by molar-refractivity contribution is 0.296. The van der Waals surface area contributed by atoms with E-state index in [0.717, 1.165) is 16.1 Å².